The molecule has 0 aliphatic carbocycles. The minimum Gasteiger partial charge on any atom is -0.478 e. The number of carbonyl (C=O) groups is 2. The summed E-state index contributed by atoms with van der Waals surface area (Å²) in [5.74, 6) is -2.20. The summed E-state index contributed by atoms with van der Waals surface area (Å²) >= 11 is 0.914. The van der Waals surface area contributed by atoms with Gasteiger partial charge in [0.05, 0.1) is 17.9 Å². The molecule has 0 saturated heterocycles. The lowest BCUT2D eigenvalue weighted by atomic mass is 10.2. The molecule has 1 rings (SSSR count). The number of benzene rings is 1. The molecule has 0 saturated carbocycles. The molecule has 0 atom stereocenters. The molecule has 0 unspecified atom stereocenters. The van der Waals surface area contributed by atoms with E-state index in [2.05, 4.69) is 4.74 Å². The monoisotopic (exact) mass is 258 g/mol. The van der Waals surface area contributed by atoms with E-state index in [0.717, 1.165) is 17.8 Å². The molecule has 0 aliphatic rings. The second kappa shape index (κ2) is 6.24. The molecule has 1 aromatic carbocycles. The van der Waals surface area contributed by atoms with E-state index in [0.29, 0.717) is 0 Å². The fourth-order valence-electron chi connectivity index (χ4n) is 1.09. The van der Waals surface area contributed by atoms with Crippen molar-refractivity contribution in [2.45, 2.75) is 11.8 Å². The van der Waals surface area contributed by atoms with Gasteiger partial charge >= 0.3 is 11.9 Å². The topological polar surface area (TPSA) is 63.6 Å². The smallest absolute Gasteiger partial charge is 0.335 e. The zero-order valence-corrected chi connectivity index (χ0v) is 9.92. The van der Waals surface area contributed by atoms with E-state index in [1.807, 2.05) is 0 Å². The number of thioether (sulfide) groups is 1. The van der Waals surface area contributed by atoms with Gasteiger partial charge < -0.3 is 9.84 Å². The molecule has 4 nitrogen and oxygen atoms in total. The van der Waals surface area contributed by atoms with Crippen LogP contribution in [0, 0.1) is 5.82 Å². The summed E-state index contributed by atoms with van der Waals surface area (Å²) in [6.45, 7) is 1.94. The average molecular weight is 258 g/mol. The maximum absolute atomic E-state index is 13.3. The third kappa shape index (κ3) is 4.07. The van der Waals surface area contributed by atoms with Gasteiger partial charge in [0.25, 0.3) is 0 Å². The number of esters is 1. The van der Waals surface area contributed by atoms with Crippen molar-refractivity contribution in [3.63, 3.8) is 0 Å². The Morgan fingerprint density at radius 3 is 2.76 bits per heavy atom. The van der Waals surface area contributed by atoms with Gasteiger partial charge in [0, 0.05) is 4.90 Å². The molecular weight excluding hydrogens is 247 g/mol. The molecule has 0 heterocycles. The number of aromatic carboxylic acids is 1. The summed E-state index contributed by atoms with van der Waals surface area (Å²) < 4.78 is 18.0. The molecule has 0 radical (unpaired) electrons. The highest BCUT2D eigenvalue weighted by Gasteiger charge is 2.11. The Morgan fingerprint density at radius 1 is 1.47 bits per heavy atom. The highest BCUT2D eigenvalue weighted by atomic mass is 32.2. The molecule has 1 aromatic rings. The first-order valence-corrected chi connectivity index (χ1v) is 5.84. The number of hydrogen-bond acceptors (Lipinski definition) is 4. The van der Waals surface area contributed by atoms with E-state index >= 15 is 0 Å². The van der Waals surface area contributed by atoms with Gasteiger partial charge in [-0.3, -0.25) is 4.79 Å². The second-order valence-electron chi connectivity index (χ2n) is 3.04. The predicted octanol–water partition coefficient (Wildman–Crippen LogP) is 2.18. The first kappa shape index (κ1) is 13.5. The van der Waals surface area contributed by atoms with Gasteiger partial charge in [-0.25, -0.2) is 9.18 Å². The fraction of sp³-hybridized carbons (Fsp3) is 0.273. The minimum absolute atomic E-state index is 0.0160. The van der Waals surface area contributed by atoms with Gasteiger partial charge in [0.1, 0.15) is 5.82 Å². The van der Waals surface area contributed by atoms with Crippen molar-refractivity contribution < 1.29 is 23.8 Å². The number of carboxylic acids is 1. The lowest BCUT2D eigenvalue weighted by molar-refractivity contribution is -0.139. The van der Waals surface area contributed by atoms with Gasteiger partial charge in [-0.1, -0.05) is 0 Å². The Kier molecular flexibility index (Phi) is 4.96. The van der Waals surface area contributed by atoms with E-state index in [1.54, 1.807) is 6.92 Å². The molecule has 0 amide bonds. The third-order valence-corrected chi connectivity index (χ3v) is 2.83. The predicted molar refractivity (Wildman–Crippen MR) is 60.7 cm³/mol. The van der Waals surface area contributed by atoms with Crippen LogP contribution in [-0.4, -0.2) is 29.4 Å². The number of carboxylic acid groups (broad SMARTS) is 1. The Bertz CT molecular complexity index is 433. The molecule has 0 aromatic heterocycles. The van der Waals surface area contributed by atoms with Crippen molar-refractivity contribution in [2.24, 2.45) is 0 Å². The lowest BCUT2D eigenvalue weighted by Gasteiger charge is -2.04. The summed E-state index contributed by atoms with van der Waals surface area (Å²) in [4.78, 5) is 21.9. The minimum atomic E-state index is -1.14. The van der Waals surface area contributed by atoms with Crippen LogP contribution >= 0.6 is 11.8 Å². The maximum atomic E-state index is 13.3. The number of ether oxygens (including phenoxy) is 1. The van der Waals surface area contributed by atoms with Crippen molar-refractivity contribution in [1.82, 2.24) is 0 Å². The Hall–Kier alpha value is -1.56. The summed E-state index contributed by atoms with van der Waals surface area (Å²) in [5.41, 5.74) is -0.0160. The first-order chi connectivity index (χ1) is 8.04. The Morgan fingerprint density at radius 2 is 2.18 bits per heavy atom. The summed E-state index contributed by atoms with van der Waals surface area (Å²) in [7, 11) is 0. The molecule has 17 heavy (non-hydrogen) atoms. The SMILES string of the molecule is CCOC(=O)CSc1cc(C(=O)O)ccc1F. The zero-order valence-electron chi connectivity index (χ0n) is 9.10. The molecular formula is C11H11FO4S. The van der Waals surface area contributed by atoms with Gasteiger partial charge in [-0.05, 0) is 25.1 Å². The number of carbonyl (C=O) groups excluding carboxylic acids is 1. The number of hydrogen-bond donors (Lipinski definition) is 1. The molecule has 92 valence electrons. The molecule has 6 heteroatoms. The van der Waals surface area contributed by atoms with Crippen LogP contribution in [0.1, 0.15) is 17.3 Å². The van der Waals surface area contributed by atoms with Crippen molar-refractivity contribution in [3.8, 4) is 0 Å². The standard InChI is InChI=1S/C11H11FO4S/c1-2-16-10(13)6-17-9-5-7(11(14)15)3-4-8(9)12/h3-5H,2,6H2,1H3,(H,14,15). The van der Waals surface area contributed by atoms with Crippen molar-refractivity contribution in [3.05, 3.63) is 29.6 Å². The third-order valence-electron chi connectivity index (χ3n) is 1.83. The zero-order chi connectivity index (χ0) is 12.8. The van der Waals surface area contributed by atoms with E-state index in [1.165, 1.54) is 12.1 Å². The fourth-order valence-corrected chi connectivity index (χ4v) is 1.86. The molecule has 0 fully saturated rings. The molecule has 0 spiro atoms. The van der Waals surface area contributed by atoms with Crippen molar-refractivity contribution >= 4 is 23.7 Å². The Balaban J connectivity index is 2.73. The van der Waals surface area contributed by atoms with Crippen LogP contribution < -0.4 is 0 Å². The lowest BCUT2D eigenvalue weighted by Crippen LogP contribution is -2.07. The second-order valence-corrected chi connectivity index (χ2v) is 4.06. The van der Waals surface area contributed by atoms with Gasteiger partial charge in [0.2, 0.25) is 0 Å². The van der Waals surface area contributed by atoms with Crippen molar-refractivity contribution in [1.29, 1.82) is 0 Å². The van der Waals surface area contributed by atoms with Crippen LogP contribution in [0.15, 0.2) is 23.1 Å². The van der Waals surface area contributed by atoms with E-state index in [9.17, 15) is 14.0 Å². The quantitative estimate of drug-likeness (QED) is 0.647. The van der Waals surface area contributed by atoms with Crippen LogP contribution in [0.2, 0.25) is 0 Å². The number of halogens is 1. The van der Waals surface area contributed by atoms with Gasteiger partial charge in [-0.2, -0.15) is 0 Å². The van der Waals surface area contributed by atoms with Crippen LogP contribution in [0.4, 0.5) is 4.39 Å². The molecule has 0 bridgehead atoms. The Labute approximate surface area is 102 Å². The van der Waals surface area contributed by atoms with Crippen molar-refractivity contribution in [2.75, 3.05) is 12.4 Å². The normalized spacial score (nSPS) is 10.0. The maximum Gasteiger partial charge on any atom is 0.335 e. The highest BCUT2D eigenvalue weighted by Crippen LogP contribution is 2.23. The largest absolute Gasteiger partial charge is 0.478 e. The summed E-state index contributed by atoms with van der Waals surface area (Å²) in [6, 6.07) is 3.44. The van der Waals surface area contributed by atoms with E-state index in [4.69, 9.17) is 5.11 Å². The van der Waals surface area contributed by atoms with Crippen LogP contribution in [0.3, 0.4) is 0 Å². The van der Waals surface area contributed by atoms with E-state index < -0.39 is 17.8 Å². The van der Waals surface area contributed by atoms with Gasteiger partial charge in [0.15, 0.2) is 0 Å². The average Bonchev–Trinajstić information content (AvgIpc) is 2.28. The molecule has 0 aliphatic heterocycles. The van der Waals surface area contributed by atoms with Gasteiger partial charge in [-0.15, -0.1) is 11.8 Å². The summed E-state index contributed by atoms with van der Waals surface area (Å²) in [6.07, 6.45) is 0. The summed E-state index contributed by atoms with van der Waals surface area (Å²) in [5, 5.41) is 8.74. The van der Waals surface area contributed by atoms with Crippen LogP contribution in [0.5, 0.6) is 0 Å². The highest BCUT2D eigenvalue weighted by molar-refractivity contribution is 8.00. The number of rotatable bonds is 5. The van der Waals surface area contributed by atoms with Crippen LogP contribution in [-0.2, 0) is 9.53 Å². The molecule has 1 N–H and O–H groups in total. The first-order valence-electron chi connectivity index (χ1n) is 4.86. The van der Waals surface area contributed by atoms with E-state index in [-0.39, 0.29) is 22.8 Å². The van der Waals surface area contributed by atoms with Crippen LogP contribution in [0.25, 0.3) is 0 Å².